The fourth-order valence-corrected chi connectivity index (χ4v) is 3.48. The van der Waals surface area contributed by atoms with Gasteiger partial charge in [-0.1, -0.05) is 0 Å². The van der Waals surface area contributed by atoms with Gasteiger partial charge in [0.15, 0.2) is 5.82 Å². The number of carbonyl (C=O) groups is 1. The van der Waals surface area contributed by atoms with Gasteiger partial charge in [0, 0.05) is 31.0 Å². The number of aliphatic hydroxyl groups is 1. The lowest BCUT2D eigenvalue weighted by Gasteiger charge is -2.21. The number of nitrogens with one attached hydrogen (secondary N) is 1. The molecule has 2 unspecified atom stereocenters. The minimum Gasteiger partial charge on any atom is -0.493 e. The van der Waals surface area contributed by atoms with Crippen molar-refractivity contribution in [3.05, 3.63) is 48.4 Å². The van der Waals surface area contributed by atoms with Crippen LogP contribution in [0.2, 0.25) is 0 Å². The topological polar surface area (TPSA) is 132 Å². The molecule has 0 spiro atoms. The van der Waals surface area contributed by atoms with Gasteiger partial charge >= 0.3 is 0 Å². The van der Waals surface area contributed by atoms with Crippen molar-refractivity contribution in [2.24, 2.45) is 5.92 Å². The van der Waals surface area contributed by atoms with E-state index in [2.05, 4.69) is 20.4 Å². The number of pyridine rings is 2. The Morgan fingerprint density at radius 1 is 1.35 bits per heavy atom. The van der Waals surface area contributed by atoms with Gasteiger partial charge in [-0.3, -0.25) is 4.79 Å². The smallest absolute Gasteiger partial charge is 0.253 e. The van der Waals surface area contributed by atoms with Crippen LogP contribution in [-0.2, 0) is 4.74 Å². The van der Waals surface area contributed by atoms with Crippen LogP contribution >= 0.6 is 0 Å². The Morgan fingerprint density at radius 3 is 2.90 bits per heavy atom. The van der Waals surface area contributed by atoms with E-state index in [9.17, 15) is 15.0 Å². The van der Waals surface area contributed by atoms with Gasteiger partial charge in [-0.25, -0.2) is 9.97 Å². The van der Waals surface area contributed by atoms with Crippen molar-refractivity contribution in [3.63, 3.8) is 0 Å². The van der Waals surface area contributed by atoms with Crippen LogP contribution in [0.4, 0.5) is 0 Å². The molecule has 1 aliphatic heterocycles. The fraction of sp³-hybridized carbons (Fsp3) is 0.333. The molecule has 3 N–H and O–H groups in total. The normalized spacial score (nSPS) is 16.8. The Bertz CT molecular complexity index is 1050. The summed E-state index contributed by atoms with van der Waals surface area (Å²) < 4.78 is 11.7. The summed E-state index contributed by atoms with van der Waals surface area (Å²) in [6.07, 6.45) is 5.29. The zero-order valence-electron chi connectivity index (χ0n) is 16.9. The molecule has 1 amide bonds. The van der Waals surface area contributed by atoms with Crippen molar-refractivity contribution in [2.75, 3.05) is 26.9 Å². The van der Waals surface area contributed by atoms with Gasteiger partial charge in [0.05, 0.1) is 43.7 Å². The Labute approximate surface area is 178 Å². The molecule has 1 aliphatic rings. The lowest BCUT2D eigenvalue weighted by atomic mass is 9.99. The first-order valence-electron chi connectivity index (χ1n) is 9.84. The summed E-state index contributed by atoms with van der Waals surface area (Å²) >= 11 is 0. The summed E-state index contributed by atoms with van der Waals surface area (Å²) in [6.45, 7) is 0.997. The monoisotopic (exact) mass is 425 g/mol. The van der Waals surface area contributed by atoms with Crippen molar-refractivity contribution in [3.8, 4) is 28.7 Å². The molecule has 31 heavy (non-hydrogen) atoms. The van der Waals surface area contributed by atoms with Crippen LogP contribution in [-0.4, -0.2) is 68.8 Å². The zero-order valence-corrected chi connectivity index (χ0v) is 16.9. The summed E-state index contributed by atoms with van der Waals surface area (Å²) in [5, 5.41) is 27.3. The number of hydrogen-bond acceptors (Lipinski definition) is 8. The van der Waals surface area contributed by atoms with Crippen molar-refractivity contribution in [1.82, 2.24) is 25.1 Å². The highest BCUT2D eigenvalue weighted by Crippen LogP contribution is 2.31. The number of hydrogen-bond donors (Lipinski definition) is 3. The summed E-state index contributed by atoms with van der Waals surface area (Å²) in [4.78, 5) is 20.9. The number of aliphatic hydroxyl groups excluding tert-OH is 1. The molecule has 0 aliphatic carbocycles. The number of aromatic hydroxyl groups is 1. The lowest BCUT2D eigenvalue weighted by molar-refractivity contribution is 0.0877. The summed E-state index contributed by atoms with van der Waals surface area (Å²) in [5.74, 6) is 0.430. The Hall–Kier alpha value is -3.50. The standard InChI is InChI=1S/C21H23N5O5/c1-30-19-8-13(4-6-22-19)16-10-24-26(21(16)29)18-3-2-14(9-23-18)20(28)25-17(11-27)15-5-7-31-12-15/h2-4,6,8-10,15,17,27,29H,5,7,11-12H2,1H3,(H,25,28). The number of aromatic nitrogens is 4. The average molecular weight is 425 g/mol. The summed E-state index contributed by atoms with van der Waals surface area (Å²) in [6, 6.07) is 6.23. The molecule has 1 fully saturated rings. The van der Waals surface area contributed by atoms with Crippen molar-refractivity contribution < 1.29 is 24.5 Å². The second kappa shape index (κ2) is 9.11. The molecular weight excluding hydrogens is 402 g/mol. The average Bonchev–Trinajstić information content (AvgIpc) is 3.47. The molecule has 10 heteroatoms. The highest BCUT2D eigenvalue weighted by atomic mass is 16.5. The first-order chi connectivity index (χ1) is 15.1. The van der Waals surface area contributed by atoms with E-state index in [1.54, 1.807) is 30.5 Å². The molecule has 0 saturated carbocycles. The van der Waals surface area contributed by atoms with Crippen LogP contribution in [0.25, 0.3) is 16.9 Å². The molecule has 162 valence electrons. The minimum absolute atomic E-state index is 0.0902. The minimum atomic E-state index is -0.371. The van der Waals surface area contributed by atoms with Crippen LogP contribution < -0.4 is 10.1 Å². The second-order valence-corrected chi connectivity index (χ2v) is 7.17. The van der Waals surface area contributed by atoms with Crippen molar-refractivity contribution in [1.29, 1.82) is 0 Å². The predicted octanol–water partition coefficient (Wildman–Crippen LogP) is 1.17. The molecule has 4 heterocycles. The van der Waals surface area contributed by atoms with Gasteiger partial charge in [0.1, 0.15) is 0 Å². The van der Waals surface area contributed by atoms with Gasteiger partial charge in [-0.05, 0) is 30.2 Å². The maximum absolute atomic E-state index is 12.5. The Kier molecular flexibility index (Phi) is 6.10. The van der Waals surface area contributed by atoms with E-state index in [1.807, 2.05) is 0 Å². The number of amides is 1. The highest BCUT2D eigenvalue weighted by Gasteiger charge is 2.27. The Balaban J connectivity index is 1.50. The quantitative estimate of drug-likeness (QED) is 0.514. The van der Waals surface area contributed by atoms with E-state index in [0.29, 0.717) is 41.6 Å². The number of rotatable bonds is 7. The summed E-state index contributed by atoms with van der Waals surface area (Å²) in [5.41, 5.74) is 1.53. The maximum atomic E-state index is 12.5. The van der Waals surface area contributed by atoms with Gasteiger partial charge in [-0.15, -0.1) is 0 Å². The first-order valence-corrected chi connectivity index (χ1v) is 9.84. The third-order valence-corrected chi connectivity index (χ3v) is 5.27. The molecule has 4 rings (SSSR count). The molecule has 0 radical (unpaired) electrons. The third-order valence-electron chi connectivity index (χ3n) is 5.27. The fourth-order valence-electron chi connectivity index (χ4n) is 3.48. The van der Waals surface area contributed by atoms with Crippen molar-refractivity contribution >= 4 is 5.91 Å². The third kappa shape index (κ3) is 4.35. The SMILES string of the molecule is COc1cc(-c2cnn(-c3ccc(C(=O)NC(CO)C4CCOC4)cn3)c2O)ccn1. The van der Waals surface area contributed by atoms with Gasteiger partial charge in [0.25, 0.3) is 5.91 Å². The van der Waals surface area contributed by atoms with Crippen LogP contribution in [0.3, 0.4) is 0 Å². The van der Waals surface area contributed by atoms with Crippen LogP contribution in [0.15, 0.2) is 42.9 Å². The van der Waals surface area contributed by atoms with E-state index in [1.165, 1.54) is 24.2 Å². The number of methoxy groups -OCH3 is 1. The van der Waals surface area contributed by atoms with Crippen LogP contribution in [0.1, 0.15) is 16.8 Å². The molecule has 10 nitrogen and oxygen atoms in total. The summed E-state index contributed by atoms with van der Waals surface area (Å²) in [7, 11) is 1.52. The van der Waals surface area contributed by atoms with E-state index < -0.39 is 0 Å². The second-order valence-electron chi connectivity index (χ2n) is 7.17. The molecule has 1 saturated heterocycles. The van der Waals surface area contributed by atoms with E-state index >= 15 is 0 Å². The van der Waals surface area contributed by atoms with Crippen molar-refractivity contribution in [2.45, 2.75) is 12.5 Å². The first kappa shape index (κ1) is 20.8. The van der Waals surface area contributed by atoms with Crippen LogP contribution in [0.5, 0.6) is 11.8 Å². The van der Waals surface area contributed by atoms with Gasteiger partial charge in [-0.2, -0.15) is 9.78 Å². The molecule has 0 aromatic carbocycles. The number of nitrogens with zero attached hydrogens (tertiary/aromatic N) is 4. The lowest BCUT2D eigenvalue weighted by Crippen LogP contribution is -2.43. The molecule has 3 aromatic rings. The maximum Gasteiger partial charge on any atom is 0.253 e. The highest BCUT2D eigenvalue weighted by molar-refractivity contribution is 5.94. The zero-order chi connectivity index (χ0) is 21.8. The molecule has 2 atom stereocenters. The Morgan fingerprint density at radius 2 is 2.23 bits per heavy atom. The molecular formula is C21H23N5O5. The van der Waals surface area contributed by atoms with Crippen LogP contribution in [0, 0.1) is 5.92 Å². The van der Waals surface area contributed by atoms with Gasteiger partial charge in [0.2, 0.25) is 11.8 Å². The molecule has 3 aromatic heterocycles. The number of ether oxygens (including phenoxy) is 2. The van der Waals surface area contributed by atoms with Gasteiger partial charge < -0.3 is 25.0 Å². The van der Waals surface area contributed by atoms with E-state index in [4.69, 9.17) is 9.47 Å². The molecule has 0 bridgehead atoms. The largest absolute Gasteiger partial charge is 0.493 e. The number of carbonyl (C=O) groups excluding carboxylic acids is 1. The predicted molar refractivity (Wildman–Crippen MR) is 110 cm³/mol. The van der Waals surface area contributed by atoms with E-state index in [0.717, 1.165) is 6.42 Å². The van der Waals surface area contributed by atoms with E-state index in [-0.39, 0.29) is 30.4 Å².